The first-order chi connectivity index (χ1) is 9.58. The SMILES string of the molecule is CSCCC(C)NC(=O)c1ccc(C#CCN)cc1F. The van der Waals surface area contributed by atoms with E-state index in [0.717, 1.165) is 12.2 Å². The van der Waals surface area contributed by atoms with E-state index in [0.29, 0.717) is 5.56 Å². The molecular formula is C15H19FN2OS. The number of hydrogen-bond donors (Lipinski definition) is 2. The predicted molar refractivity (Wildman–Crippen MR) is 82.3 cm³/mol. The number of hydrogen-bond acceptors (Lipinski definition) is 3. The highest BCUT2D eigenvalue weighted by molar-refractivity contribution is 7.98. The summed E-state index contributed by atoms with van der Waals surface area (Å²) in [7, 11) is 0. The van der Waals surface area contributed by atoms with Gasteiger partial charge < -0.3 is 11.1 Å². The largest absolute Gasteiger partial charge is 0.349 e. The first-order valence-corrected chi connectivity index (χ1v) is 7.76. The van der Waals surface area contributed by atoms with Crippen molar-refractivity contribution in [1.82, 2.24) is 5.32 Å². The molecule has 1 atom stereocenters. The lowest BCUT2D eigenvalue weighted by Gasteiger charge is -2.13. The van der Waals surface area contributed by atoms with Gasteiger partial charge in [0.25, 0.3) is 5.91 Å². The quantitative estimate of drug-likeness (QED) is 0.817. The topological polar surface area (TPSA) is 55.1 Å². The van der Waals surface area contributed by atoms with E-state index in [9.17, 15) is 9.18 Å². The van der Waals surface area contributed by atoms with Gasteiger partial charge in [0.15, 0.2) is 0 Å². The van der Waals surface area contributed by atoms with Gasteiger partial charge in [0.1, 0.15) is 5.82 Å². The van der Waals surface area contributed by atoms with Crippen LogP contribution in [0.15, 0.2) is 18.2 Å². The number of carbonyl (C=O) groups is 1. The summed E-state index contributed by atoms with van der Waals surface area (Å²) in [6.07, 6.45) is 2.86. The molecule has 5 heteroatoms. The molecule has 0 aliphatic carbocycles. The van der Waals surface area contributed by atoms with E-state index < -0.39 is 11.7 Å². The Balaban J connectivity index is 2.73. The summed E-state index contributed by atoms with van der Waals surface area (Å²) < 4.78 is 13.9. The van der Waals surface area contributed by atoms with Gasteiger partial charge in [0, 0.05) is 11.6 Å². The van der Waals surface area contributed by atoms with Crippen LogP contribution in [0.3, 0.4) is 0 Å². The molecule has 1 amide bonds. The number of nitrogens with one attached hydrogen (secondary N) is 1. The van der Waals surface area contributed by atoms with Crippen LogP contribution in [0.2, 0.25) is 0 Å². The summed E-state index contributed by atoms with van der Waals surface area (Å²) in [5, 5.41) is 2.79. The van der Waals surface area contributed by atoms with E-state index >= 15 is 0 Å². The fourth-order valence-corrected chi connectivity index (χ4v) is 2.19. The van der Waals surface area contributed by atoms with Crippen molar-refractivity contribution in [2.75, 3.05) is 18.6 Å². The summed E-state index contributed by atoms with van der Waals surface area (Å²) >= 11 is 1.71. The maximum absolute atomic E-state index is 13.9. The van der Waals surface area contributed by atoms with Crippen LogP contribution in [0, 0.1) is 17.7 Å². The summed E-state index contributed by atoms with van der Waals surface area (Å²) in [4.78, 5) is 12.0. The molecule has 0 aliphatic heterocycles. The Morgan fingerprint density at radius 1 is 1.55 bits per heavy atom. The number of benzene rings is 1. The van der Waals surface area contributed by atoms with Gasteiger partial charge in [-0.05, 0) is 43.6 Å². The zero-order valence-electron chi connectivity index (χ0n) is 11.7. The minimum absolute atomic E-state index is 0.0195. The molecule has 0 saturated carbocycles. The fraction of sp³-hybridized carbons (Fsp3) is 0.400. The van der Waals surface area contributed by atoms with Gasteiger partial charge in [-0.1, -0.05) is 11.8 Å². The zero-order valence-corrected chi connectivity index (χ0v) is 12.5. The third-order valence-electron chi connectivity index (χ3n) is 2.68. The number of carbonyl (C=O) groups excluding carboxylic acids is 1. The Morgan fingerprint density at radius 2 is 2.30 bits per heavy atom. The van der Waals surface area contributed by atoms with Crippen molar-refractivity contribution in [2.45, 2.75) is 19.4 Å². The van der Waals surface area contributed by atoms with Crippen LogP contribution in [-0.2, 0) is 0 Å². The molecule has 1 rings (SSSR count). The molecule has 0 aromatic heterocycles. The number of halogens is 1. The van der Waals surface area contributed by atoms with Crippen LogP contribution in [0.4, 0.5) is 4.39 Å². The highest BCUT2D eigenvalue weighted by atomic mass is 32.2. The van der Waals surface area contributed by atoms with Gasteiger partial charge in [-0.25, -0.2) is 4.39 Å². The Kier molecular flexibility index (Phi) is 7.13. The standard InChI is InChI=1S/C15H19FN2OS/c1-11(7-9-20-2)18-15(19)13-6-5-12(4-3-8-17)10-14(13)16/h5-6,10-11H,7-9,17H2,1-2H3,(H,18,19). The predicted octanol–water partition coefficient (Wildman–Crippen LogP) is 2.01. The second kappa shape index (κ2) is 8.62. The van der Waals surface area contributed by atoms with E-state index in [-0.39, 0.29) is 18.2 Å². The van der Waals surface area contributed by atoms with Crippen molar-refractivity contribution in [3.8, 4) is 11.8 Å². The highest BCUT2D eigenvalue weighted by Crippen LogP contribution is 2.11. The van der Waals surface area contributed by atoms with Crippen LogP contribution in [0.25, 0.3) is 0 Å². The monoisotopic (exact) mass is 294 g/mol. The van der Waals surface area contributed by atoms with E-state index in [4.69, 9.17) is 5.73 Å². The van der Waals surface area contributed by atoms with Gasteiger partial charge >= 0.3 is 0 Å². The Labute approximate surface area is 123 Å². The summed E-state index contributed by atoms with van der Waals surface area (Å²) in [6.45, 7) is 2.13. The average Bonchev–Trinajstić information content (AvgIpc) is 2.42. The third kappa shape index (κ3) is 5.24. The molecule has 3 nitrogen and oxygen atoms in total. The molecule has 108 valence electrons. The molecule has 1 aromatic carbocycles. The number of amides is 1. The molecule has 1 aromatic rings. The molecule has 0 radical (unpaired) electrons. The molecular weight excluding hydrogens is 275 g/mol. The molecule has 0 spiro atoms. The molecule has 0 saturated heterocycles. The highest BCUT2D eigenvalue weighted by Gasteiger charge is 2.14. The van der Waals surface area contributed by atoms with Crippen molar-refractivity contribution in [3.63, 3.8) is 0 Å². The lowest BCUT2D eigenvalue weighted by Crippen LogP contribution is -2.33. The second-order valence-electron chi connectivity index (χ2n) is 4.36. The minimum atomic E-state index is -0.566. The molecule has 0 heterocycles. The molecule has 1 unspecified atom stereocenters. The fourth-order valence-electron chi connectivity index (χ4n) is 1.60. The molecule has 20 heavy (non-hydrogen) atoms. The summed E-state index contributed by atoms with van der Waals surface area (Å²) in [5.41, 5.74) is 5.81. The van der Waals surface area contributed by atoms with E-state index in [2.05, 4.69) is 17.2 Å². The molecule has 0 aliphatic rings. The van der Waals surface area contributed by atoms with Crippen LogP contribution < -0.4 is 11.1 Å². The number of thioether (sulfide) groups is 1. The zero-order chi connectivity index (χ0) is 15.0. The first kappa shape index (κ1) is 16.5. The Hall–Kier alpha value is -1.51. The van der Waals surface area contributed by atoms with E-state index in [1.807, 2.05) is 13.2 Å². The summed E-state index contributed by atoms with van der Waals surface area (Å²) in [6, 6.07) is 4.34. The van der Waals surface area contributed by atoms with Crippen LogP contribution in [0.5, 0.6) is 0 Å². The lowest BCUT2D eigenvalue weighted by atomic mass is 10.1. The third-order valence-corrected chi connectivity index (χ3v) is 3.32. The van der Waals surface area contributed by atoms with Crippen molar-refractivity contribution < 1.29 is 9.18 Å². The smallest absolute Gasteiger partial charge is 0.254 e. The maximum Gasteiger partial charge on any atom is 0.254 e. The number of rotatable bonds is 5. The Morgan fingerprint density at radius 3 is 2.90 bits per heavy atom. The minimum Gasteiger partial charge on any atom is -0.349 e. The maximum atomic E-state index is 13.9. The Bertz CT molecular complexity index is 522. The van der Waals surface area contributed by atoms with E-state index in [1.165, 1.54) is 12.1 Å². The van der Waals surface area contributed by atoms with Crippen molar-refractivity contribution in [1.29, 1.82) is 0 Å². The average molecular weight is 294 g/mol. The van der Waals surface area contributed by atoms with Crippen LogP contribution >= 0.6 is 11.8 Å². The van der Waals surface area contributed by atoms with Crippen molar-refractivity contribution >= 4 is 17.7 Å². The van der Waals surface area contributed by atoms with Crippen LogP contribution in [0.1, 0.15) is 29.3 Å². The first-order valence-electron chi connectivity index (χ1n) is 6.36. The molecule has 3 N–H and O–H groups in total. The lowest BCUT2D eigenvalue weighted by molar-refractivity contribution is 0.0935. The van der Waals surface area contributed by atoms with Gasteiger partial charge in [0.05, 0.1) is 12.1 Å². The van der Waals surface area contributed by atoms with Gasteiger partial charge in [-0.15, -0.1) is 0 Å². The normalized spacial score (nSPS) is 11.4. The summed E-state index contributed by atoms with van der Waals surface area (Å²) in [5.74, 6) is 5.37. The van der Waals surface area contributed by atoms with Gasteiger partial charge in [-0.2, -0.15) is 11.8 Å². The second-order valence-corrected chi connectivity index (χ2v) is 5.34. The van der Waals surface area contributed by atoms with Crippen molar-refractivity contribution in [3.05, 3.63) is 35.1 Å². The van der Waals surface area contributed by atoms with Gasteiger partial charge in [-0.3, -0.25) is 4.79 Å². The molecule has 0 fully saturated rings. The molecule has 0 bridgehead atoms. The van der Waals surface area contributed by atoms with Crippen molar-refractivity contribution in [2.24, 2.45) is 5.73 Å². The van der Waals surface area contributed by atoms with Gasteiger partial charge in [0.2, 0.25) is 0 Å². The van der Waals surface area contributed by atoms with E-state index in [1.54, 1.807) is 17.8 Å². The number of nitrogens with two attached hydrogens (primary N) is 1. The van der Waals surface area contributed by atoms with Crippen LogP contribution in [-0.4, -0.2) is 30.5 Å².